The van der Waals surface area contributed by atoms with Crippen LogP contribution in [0.15, 0.2) is 24.3 Å². The average Bonchev–Trinajstić information content (AvgIpc) is 2.52. The van der Waals surface area contributed by atoms with Gasteiger partial charge >= 0.3 is 0 Å². The van der Waals surface area contributed by atoms with Crippen molar-refractivity contribution in [3.05, 3.63) is 35.4 Å². The second-order valence-electron chi connectivity index (χ2n) is 5.00. The highest BCUT2D eigenvalue weighted by Gasteiger charge is 2.27. The average molecular weight is 328 g/mol. The molecule has 0 bridgehead atoms. The lowest BCUT2D eigenvalue weighted by Gasteiger charge is -2.29. The lowest BCUT2D eigenvalue weighted by Crippen LogP contribution is -2.55. The Bertz CT molecular complexity index is 507. The van der Waals surface area contributed by atoms with Crippen molar-refractivity contribution < 1.29 is 14.3 Å². The summed E-state index contributed by atoms with van der Waals surface area (Å²) in [5, 5.41) is 8.59. The molecular formula is C15H22ClN3O3. The number of ether oxygens (including phenoxy) is 1. The van der Waals surface area contributed by atoms with Crippen LogP contribution in [0.25, 0.3) is 0 Å². The van der Waals surface area contributed by atoms with Crippen molar-refractivity contribution in [1.82, 2.24) is 16.0 Å². The molecule has 6 nitrogen and oxygen atoms in total. The first kappa shape index (κ1) is 18.4. The molecule has 0 aliphatic carbocycles. The maximum absolute atomic E-state index is 12.1. The molecule has 22 heavy (non-hydrogen) atoms. The minimum atomic E-state index is -0.316. The van der Waals surface area contributed by atoms with Crippen molar-refractivity contribution in [2.24, 2.45) is 0 Å². The summed E-state index contributed by atoms with van der Waals surface area (Å²) in [6.07, 6.45) is -0.130. The van der Waals surface area contributed by atoms with Crippen molar-refractivity contribution in [3.63, 3.8) is 0 Å². The third-order valence-corrected chi connectivity index (χ3v) is 3.51. The van der Waals surface area contributed by atoms with Crippen LogP contribution >= 0.6 is 12.4 Å². The van der Waals surface area contributed by atoms with Crippen LogP contribution in [-0.2, 0) is 16.1 Å². The van der Waals surface area contributed by atoms with E-state index < -0.39 is 0 Å². The quantitative estimate of drug-likeness (QED) is 0.750. The van der Waals surface area contributed by atoms with Gasteiger partial charge in [-0.25, -0.2) is 0 Å². The molecule has 0 radical (unpaired) electrons. The van der Waals surface area contributed by atoms with Gasteiger partial charge in [-0.3, -0.25) is 9.59 Å². The second-order valence-corrected chi connectivity index (χ2v) is 5.00. The van der Waals surface area contributed by atoms with Gasteiger partial charge < -0.3 is 20.7 Å². The summed E-state index contributed by atoms with van der Waals surface area (Å²) in [5.41, 5.74) is 1.55. The van der Waals surface area contributed by atoms with Gasteiger partial charge in [0.15, 0.2) is 0 Å². The van der Waals surface area contributed by atoms with Crippen LogP contribution in [0.5, 0.6) is 0 Å². The highest BCUT2D eigenvalue weighted by molar-refractivity contribution is 5.93. The first-order chi connectivity index (χ1) is 10.1. The number of rotatable bonds is 4. The van der Waals surface area contributed by atoms with E-state index in [9.17, 15) is 9.59 Å². The van der Waals surface area contributed by atoms with Crippen molar-refractivity contribution >= 4 is 24.2 Å². The predicted molar refractivity (Wildman–Crippen MR) is 86.1 cm³/mol. The summed E-state index contributed by atoms with van der Waals surface area (Å²) >= 11 is 0. The van der Waals surface area contributed by atoms with Gasteiger partial charge in [-0.1, -0.05) is 12.1 Å². The number of halogens is 1. The van der Waals surface area contributed by atoms with Crippen LogP contribution in [0.2, 0.25) is 0 Å². The Morgan fingerprint density at radius 3 is 2.59 bits per heavy atom. The van der Waals surface area contributed by atoms with E-state index in [0.717, 1.165) is 5.56 Å². The van der Waals surface area contributed by atoms with Crippen LogP contribution in [0.3, 0.4) is 0 Å². The van der Waals surface area contributed by atoms with E-state index in [4.69, 9.17) is 4.74 Å². The molecule has 7 heteroatoms. The van der Waals surface area contributed by atoms with Crippen LogP contribution in [0.4, 0.5) is 0 Å². The molecule has 2 rings (SSSR count). The van der Waals surface area contributed by atoms with Gasteiger partial charge in [-0.15, -0.1) is 12.4 Å². The second kappa shape index (κ2) is 8.73. The summed E-state index contributed by atoms with van der Waals surface area (Å²) in [6.45, 7) is 3.63. The molecule has 3 N–H and O–H groups in total. The number of hydrogen-bond acceptors (Lipinski definition) is 4. The largest absolute Gasteiger partial charge is 0.375 e. The molecule has 0 aromatic heterocycles. The summed E-state index contributed by atoms with van der Waals surface area (Å²) in [6, 6.07) is 6.83. The molecule has 0 saturated carbocycles. The number of carbonyl (C=O) groups is 2. The number of amides is 2. The van der Waals surface area contributed by atoms with Crippen LogP contribution < -0.4 is 16.0 Å². The fourth-order valence-corrected chi connectivity index (χ4v) is 2.24. The Morgan fingerprint density at radius 2 is 2.00 bits per heavy atom. The minimum Gasteiger partial charge on any atom is -0.375 e. The normalized spacial score (nSPS) is 20.6. The fourth-order valence-electron chi connectivity index (χ4n) is 2.24. The number of carbonyl (C=O) groups excluding carboxylic acids is 2. The summed E-state index contributed by atoms with van der Waals surface area (Å²) in [5.74, 6) is -0.194. The number of nitrogens with one attached hydrogen (secondary N) is 3. The smallest absolute Gasteiger partial charge is 0.251 e. The Hall–Kier alpha value is -1.63. The van der Waals surface area contributed by atoms with Crippen LogP contribution in [0.1, 0.15) is 22.8 Å². The molecule has 2 amide bonds. The Morgan fingerprint density at radius 1 is 1.32 bits per heavy atom. The molecule has 1 fully saturated rings. The van der Waals surface area contributed by atoms with E-state index in [0.29, 0.717) is 25.3 Å². The van der Waals surface area contributed by atoms with Gasteiger partial charge in [-0.2, -0.15) is 0 Å². The topological polar surface area (TPSA) is 79.5 Å². The molecule has 122 valence electrons. The lowest BCUT2D eigenvalue weighted by molar-refractivity contribution is -0.129. The van der Waals surface area contributed by atoms with Crippen molar-refractivity contribution in [3.8, 4) is 0 Å². The SMILES string of the molecule is CNC(=O)c1ccc(CNC(=O)[C@H]2NCCO[C@@H]2C)cc1.Cl. The van der Waals surface area contributed by atoms with E-state index in [1.807, 2.05) is 19.1 Å². The monoisotopic (exact) mass is 327 g/mol. The molecule has 0 unspecified atom stereocenters. The molecule has 1 aliphatic heterocycles. The lowest BCUT2D eigenvalue weighted by atomic mass is 10.1. The van der Waals surface area contributed by atoms with Crippen molar-refractivity contribution in [2.45, 2.75) is 25.6 Å². The summed E-state index contributed by atoms with van der Waals surface area (Å²) < 4.78 is 5.45. The third-order valence-electron chi connectivity index (χ3n) is 3.51. The summed E-state index contributed by atoms with van der Waals surface area (Å²) in [7, 11) is 1.59. The number of benzene rings is 1. The maximum atomic E-state index is 12.1. The van der Waals surface area contributed by atoms with Gasteiger partial charge in [0.2, 0.25) is 5.91 Å². The Kier molecular flexibility index (Phi) is 7.31. The first-order valence-electron chi connectivity index (χ1n) is 7.05. The first-order valence-corrected chi connectivity index (χ1v) is 7.05. The van der Waals surface area contributed by atoms with E-state index in [1.165, 1.54) is 0 Å². The van der Waals surface area contributed by atoms with E-state index >= 15 is 0 Å². The molecule has 1 heterocycles. The van der Waals surface area contributed by atoms with E-state index in [-0.39, 0.29) is 36.4 Å². The zero-order valence-electron chi connectivity index (χ0n) is 12.7. The molecule has 1 saturated heterocycles. The zero-order chi connectivity index (χ0) is 15.2. The van der Waals surface area contributed by atoms with Crippen LogP contribution in [0, 0.1) is 0 Å². The predicted octanol–water partition coefficient (Wildman–Crippen LogP) is 0.461. The minimum absolute atomic E-state index is 0. The molecule has 1 aromatic carbocycles. The van der Waals surface area contributed by atoms with Gasteiger partial charge in [0.1, 0.15) is 6.04 Å². The fraction of sp³-hybridized carbons (Fsp3) is 0.467. The molecular weight excluding hydrogens is 306 g/mol. The molecule has 2 atom stereocenters. The molecule has 1 aromatic rings. The number of hydrogen-bond donors (Lipinski definition) is 3. The van der Waals surface area contributed by atoms with Gasteiger partial charge in [0, 0.05) is 25.7 Å². The Balaban J connectivity index is 0.00000242. The molecule has 1 aliphatic rings. The highest BCUT2D eigenvalue weighted by Crippen LogP contribution is 2.06. The summed E-state index contributed by atoms with van der Waals surface area (Å²) in [4.78, 5) is 23.5. The van der Waals surface area contributed by atoms with Gasteiger partial charge in [0.05, 0.1) is 12.7 Å². The third kappa shape index (κ3) is 4.69. The van der Waals surface area contributed by atoms with Crippen LogP contribution in [-0.4, -0.2) is 44.2 Å². The van der Waals surface area contributed by atoms with Crippen molar-refractivity contribution in [2.75, 3.05) is 20.2 Å². The van der Waals surface area contributed by atoms with Gasteiger partial charge in [-0.05, 0) is 24.6 Å². The Labute approximate surface area is 136 Å². The van der Waals surface area contributed by atoms with Gasteiger partial charge in [0.25, 0.3) is 5.91 Å². The maximum Gasteiger partial charge on any atom is 0.251 e. The number of morpholine rings is 1. The zero-order valence-corrected chi connectivity index (χ0v) is 13.5. The standard InChI is InChI=1S/C15H21N3O3.ClH/c1-10-13(17-7-8-21-10)15(20)18-9-11-3-5-12(6-4-11)14(19)16-2;/h3-6,10,13,17H,7-9H2,1-2H3,(H,16,19)(H,18,20);1H/t10-,13+;/m1./s1. The highest BCUT2D eigenvalue weighted by atomic mass is 35.5. The molecule has 0 spiro atoms. The van der Waals surface area contributed by atoms with E-state index in [2.05, 4.69) is 16.0 Å². The van der Waals surface area contributed by atoms with Crippen molar-refractivity contribution in [1.29, 1.82) is 0 Å². The van der Waals surface area contributed by atoms with E-state index in [1.54, 1.807) is 19.2 Å².